The van der Waals surface area contributed by atoms with Crippen molar-refractivity contribution in [3.05, 3.63) is 65.5 Å². The van der Waals surface area contributed by atoms with Gasteiger partial charge in [-0.2, -0.15) is 17.9 Å². The van der Waals surface area contributed by atoms with Crippen molar-refractivity contribution in [2.24, 2.45) is 0 Å². The molecule has 1 aliphatic rings. The van der Waals surface area contributed by atoms with Gasteiger partial charge in [0.1, 0.15) is 5.75 Å². The topological polar surface area (TPSA) is 87.9 Å². The molecular weight excluding hydrogens is 468 g/mol. The van der Waals surface area contributed by atoms with Gasteiger partial charge in [0.05, 0.1) is 5.69 Å². The summed E-state index contributed by atoms with van der Waals surface area (Å²) in [6.07, 6.45) is -3.79. The number of benzene rings is 2. The molecule has 0 spiro atoms. The SMILES string of the molecule is Cl.Cl.Oc1ccc(-n2nnnc2C(F)(F)F)cc1CNC1CCNCC1c1ccccc1. The molecule has 0 amide bonds. The molecule has 3 aromatic rings. The maximum Gasteiger partial charge on any atom is 0.453 e. The van der Waals surface area contributed by atoms with E-state index in [0.29, 0.717) is 16.8 Å². The Morgan fingerprint density at radius 2 is 1.88 bits per heavy atom. The molecule has 174 valence electrons. The molecule has 0 aliphatic carbocycles. The molecule has 1 aliphatic heterocycles. The molecule has 7 nitrogen and oxygen atoms in total. The highest BCUT2D eigenvalue weighted by atomic mass is 35.5. The van der Waals surface area contributed by atoms with E-state index < -0.39 is 12.0 Å². The average Bonchev–Trinajstić information content (AvgIpc) is 3.25. The number of hydrogen-bond donors (Lipinski definition) is 3. The molecule has 0 radical (unpaired) electrons. The predicted molar refractivity (Wildman–Crippen MR) is 118 cm³/mol. The Kier molecular flexibility index (Phi) is 8.85. The summed E-state index contributed by atoms with van der Waals surface area (Å²) in [6.45, 7) is 2.00. The van der Waals surface area contributed by atoms with Crippen LogP contribution in [0.5, 0.6) is 5.75 Å². The number of aromatic nitrogens is 4. The van der Waals surface area contributed by atoms with Crippen LogP contribution in [0.2, 0.25) is 0 Å². The molecule has 1 aromatic heterocycles. The Morgan fingerprint density at radius 1 is 1.12 bits per heavy atom. The van der Waals surface area contributed by atoms with E-state index in [1.165, 1.54) is 23.8 Å². The zero-order valence-corrected chi connectivity index (χ0v) is 18.4. The van der Waals surface area contributed by atoms with Gasteiger partial charge >= 0.3 is 6.18 Å². The summed E-state index contributed by atoms with van der Waals surface area (Å²) in [6, 6.07) is 14.5. The van der Waals surface area contributed by atoms with Gasteiger partial charge in [0.2, 0.25) is 0 Å². The summed E-state index contributed by atoms with van der Waals surface area (Å²) < 4.78 is 40.0. The van der Waals surface area contributed by atoms with Crippen molar-refractivity contribution < 1.29 is 18.3 Å². The van der Waals surface area contributed by atoms with Gasteiger partial charge in [-0.15, -0.1) is 29.9 Å². The van der Waals surface area contributed by atoms with Gasteiger partial charge in [-0.1, -0.05) is 30.3 Å². The van der Waals surface area contributed by atoms with Crippen LogP contribution >= 0.6 is 24.8 Å². The molecule has 2 aromatic carbocycles. The summed E-state index contributed by atoms with van der Waals surface area (Å²) in [5.74, 6) is -0.964. The van der Waals surface area contributed by atoms with Crippen LogP contribution in [0.4, 0.5) is 13.2 Å². The third-order valence-electron chi connectivity index (χ3n) is 5.30. The van der Waals surface area contributed by atoms with E-state index in [2.05, 4.69) is 38.3 Å². The number of tetrazole rings is 1. The molecule has 1 fully saturated rings. The lowest BCUT2D eigenvalue weighted by Gasteiger charge is -2.33. The lowest BCUT2D eigenvalue weighted by Crippen LogP contribution is -2.45. The molecule has 2 atom stereocenters. The van der Waals surface area contributed by atoms with Gasteiger partial charge in [-0.3, -0.25) is 0 Å². The Labute approximate surface area is 195 Å². The maximum atomic E-state index is 13.1. The lowest BCUT2D eigenvalue weighted by molar-refractivity contribution is -0.146. The van der Waals surface area contributed by atoms with E-state index in [4.69, 9.17) is 0 Å². The van der Waals surface area contributed by atoms with Crippen LogP contribution in [0.15, 0.2) is 48.5 Å². The highest BCUT2D eigenvalue weighted by molar-refractivity contribution is 5.85. The molecular formula is C20H23Cl2F3N6O. The minimum absolute atomic E-state index is 0. The predicted octanol–water partition coefficient (Wildman–Crippen LogP) is 3.47. The number of aromatic hydroxyl groups is 1. The summed E-state index contributed by atoms with van der Waals surface area (Å²) in [5, 5.41) is 26.8. The van der Waals surface area contributed by atoms with E-state index in [-0.39, 0.29) is 48.2 Å². The van der Waals surface area contributed by atoms with Crippen molar-refractivity contribution in [1.82, 2.24) is 30.8 Å². The van der Waals surface area contributed by atoms with Crippen molar-refractivity contribution >= 4 is 24.8 Å². The zero-order valence-electron chi connectivity index (χ0n) is 16.8. The number of nitrogens with zero attached hydrogens (tertiary/aromatic N) is 4. The average molecular weight is 491 g/mol. The number of hydrogen-bond acceptors (Lipinski definition) is 6. The Morgan fingerprint density at radius 3 is 2.59 bits per heavy atom. The van der Waals surface area contributed by atoms with Crippen LogP contribution in [0.25, 0.3) is 5.69 Å². The third kappa shape index (κ3) is 5.69. The van der Waals surface area contributed by atoms with Crippen LogP contribution in [-0.2, 0) is 12.7 Å². The number of alkyl halides is 3. The number of nitrogens with one attached hydrogen (secondary N) is 2. The first-order valence-corrected chi connectivity index (χ1v) is 9.60. The summed E-state index contributed by atoms with van der Waals surface area (Å²) in [5.41, 5.74) is 1.82. The Balaban J connectivity index is 0.00000181. The second-order valence-corrected chi connectivity index (χ2v) is 7.22. The van der Waals surface area contributed by atoms with Gasteiger partial charge in [0.15, 0.2) is 0 Å². The van der Waals surface area contributed by atoms with Crippen molar-refractivity contribution in [3.8, 4) is 11.4 Å². The molecule has 0 bridgehead atoms. The second-order valence-electron chi connectivity index (χ2n) is 7.22. The smallest absolute Gasteiger partial charge is 0.453 e. The molecule has 2 unspecified atom stereocenters. The first kappa shape index (κ1) is 25.9. The fraction of sp³-hybridized carbons (Fsp3) is 0.350. The minimum atomic E-state index is -4.68. The fourth-order valence-electron chi connectivity index (χ4n) is 3.78. The van der Waals surface area contributed by atoms with Crippen molar-refractivity contribution in [3.63, 3.8) is 0 Å². The van der Waals surface area contributed by atoms with Gasteiger partial charge in [-0.25, -0.2) is 0 Å². The van der Waals surface area contributed by atoms with Gasteiger partial charge in [0, 0.05) is 30.6 Å². The van der Waals surface area contributed by atoms with E-state index in [9.17, 15) is 18.3 Å². The van der Waals surface area contributed by atoms with Crippen LogP contribution < -0.4 is 10.6 Å². The van der Waals surface area contributed by atoms with Crippen molar-refractivity contribution in [2.45, 2.75) is 31.1 Å². The van der Waals surface area contributed by atoms with Crippen LogP contribution in [-0.4, -0.2) is 44.4 Å². The van der Waals surface area contributed by atoms with E-state index in [1.807, 2.05) is 18.2 Å². The molecule has 2 heterocycles. The van der Waals surface area contributed by atoms with E-state index in [0.717, 1.165) is 19.5 Å². The standard InChI is InChI=1S/C20H21F3N6O.2ClH/c21-20(22,23)19-26-27-28-29(19)15-6-7-18(30)14(10-15)11-25-17-8-9-24-12-16(17)13-4-2-1-3-5-13;;/h1-7,10,16-17,24-25,30H,8-9,11-12H2;2*1H. The molecule has 1 saturated heterocycles. The summed E-state index contributed by atoms with van der Waals surface area (Å²) >= 11 is 0. The molecule has 4 rings (SSSR count). The number of phenols is 1. The van der Waals surface area contributed by atoms with Gasteiger partial charge in [-0.05, 0) is 47.2 Å². The lowest BCUT2D eigenvalue weighted by atomic mass is 9.87. The quantitative estimate of drug-likeness (QED) is 0.507. The fourth-order valence-corrected chi connectivity index (χ4v) is 3.78. The van der Waals surface area contributed by atoms with E-state index >= 15 is 0 Å². The van der Waals surface area contributed by atoms with E-state index in [1.54, 1.807) is 0 Å². The number of halogens is 5. The molecule has 3 N–H and O–H groups in total. The molecule has 32 heavy (non-hydrogen) atoms. The second kappa shape index (κ2) is 11.0. The number of piperidine rings is 1. The number of phenolic OH excluding ortho intramolecular Hbond substituents is 1. The Bertz CT molecular complexity index is 1000. The highest BCUT2D eigenvalue weighted by Gasteiger charge is 2.38. The van der Waals surface area contributed by atoms with Crippen LogP contribution in [0.1, 0.15) is 29.3 Å². The largest absolute Gasteiger partial charge is 0.508 e. The number of rotatable bonds is 5. The first-order valence-electron chi connectivity index (χ1n) is 9.60. The maximum absolute atomic E-state index is 13.1. The minimum Gasteiger partial charge on any atom is -0.508 e. The normalized spacial score (nSPS) is 18.5. The first-order chi connectivity index (χ1) is 14.4. The zero-order chi connectivity index (χ0) is 21.1. The molecule has 0 saturated carbocycles. The highest BCUT2D eigenvalue weighted by Crippen LogP contribution is 2.30. The van der Waals surface area contributed by atoms with Gasteiger partial charge < -0.3 is 15.7 Å². The summed E-state index contributed by atoms with van der Waals surface area (Å²) in [7, 11) is 0. The molecule has 12 heteroatoms. The Hall–Kier alpha value is -2.40. The third-order valence-corrected chi connectivity index (χ3v) is 5.30. The van der Waals surface area contributed by atoms with Crippen LogP contribution in [0.3, 0.4) is 0 Å². The van der Waals surface area contributed by atoms with Crippen molar-refractivity contribution in [1.29, 1.82) is 0 Å². The van der Waals surface area contributed by atoms with Gasteiger partial charge in [0.25, 0.3) is 5.82 Å². The summed E-state index contributed by atoms with van der Waals surface area (Å²) in [4.78, 5) is 0. The van der Waals surface area contributed by atoms with Crippen molar-refractivity contribution in [2.75, 3.05) is 13.1 Å². The monoisotopic (exact) mass is 490 g/mol. The van der Waals surface area contributed by atoms with Crippen LogP contribution in [0, 0.1) is 0 Å².